The summed E-state index contributed by atoms with van der Waals surface area (Å²) in [4.78, 5) is 11.4. The van der Waals surface area contributed by atoms with Gasteiger partial charge in [-0.3, -0.25) is 4.79 Å². The van der Waals surface area contributed by atoms with Crippen molar-refractivity contribution in [3.63, 3.8) is 0 Å². The summed E-state index contributed by atoms with van der Waals surface area (Å²) >= 11 is 0. The second-order valence-electron chi connectivity index (χ2n) is 5.82. The summed E-state index contributed by atoms with van der Waals surface area (Å²) in [6, 6.07) is 7.70. The molecule has 1 saturated heterocycles. The zero-order chi connectivity index (χ0) is 17.0. The molecule has 2 rings (SSSR count). The summed E-state index contributed by atoms with van der Waals surface area (Å²) in [6.45, 7) is 2.50. The lowest BCUT2D eigenvalue weighted by Crippen LogP contribution is -2.35. The molecular formula is C16H23NO5S. The Balaban J connectivity index is 2.01. The molecule has 1 aromatic carbocycles. The van der Waals surface area contributed by atoms with Crippen LogP contribution in [0.25, 0.3) is 0 Å². The molecule has 0 spiro atoms. The Hall–Kier alpha value is -1.60. The average molecular weight is 341 g/mol. The summed E-state index contributed by atoms with van der Waals surface area (Å²) in [6.07, 6.45) is 0.776. The summed E-state index contributed by atoms with van der Waals surface area (Å²) in [7, 11) is -0.583. The van der Waals surface area contributed by atoms with Crippen molar-refractivity contribution in [3.8, 4) is 5.75 Å². The Morgan fingerprint density at radius 3 is 2.52 bits per heavy atom. The summed E-state index contributed by atoms with van der Waals surface area (Å²) in [5.41, 5.74) is 1.10. The zero-order valence-electron chi connectivity index (χ0n) is 13.7. The molecule has 0 aliphatic carbocycles. The van der Waals surface area contributed by atoms with Gasteiger partial charge in [-0.2, -0.15) is 0 Å². The zero-order valence-corrected chi connectivity index (χ0v) is 14.5. The lowest BCUT2D eigenvalue weighted by atomic mass is 9.99. The van der Waals surface area contributed by atoms with Crippen molar-refractivity contribution in [1.82, 2.24) is 4.31 Å². The molecule has 0 amide bonds. The van der Waals surface area contributed by atoms with E-state index >= 15 is 0 Å². The van der Waals surface area contributed by atoms with Gasteiger partial charge in [0, 0.05) is 13.1 Å². The molecule has 1 fully saturated rings. The van der Waals surface area contributed by atoms with Crippen molar-refractivity contribution < 1.29 is 22.7 Å². The highest BCUT2D eigenvalue weighted by molar-refractivity contribution is 7.89. The normalized spacial score (nSPS) is 20.2. The molecule has 0 radical (unpaired) electrons. The van der Waals surface area contributed by atoms with Crippen molar-refractivity contribution >= 4 is 16.0 Å². The van der Waals surface area contributed by atoms with Gasteiger partial charge in [-0.25, -0.2) is 12.7 Å². The highest BCUT2D eigenvalue weighted by Crippen LogP contribution is 2.30. The van der Waals surface area contributed by atoms with Crippen LogP contribution in [0, 0.1) is 5.92 Å². The molecule has 0 N–H and O–H groups in total. The van der Waals surface area contributed by atoms with Crippen LogP contribution in [0.15, 0.2) is 24.3 Å². The predicted octanol–water partition coefficient (Wildman–Crippen LogP) is 1.62. The smallest absolute Gasteiger partial charge is 0.309 e. The first-order chi connectivity index (χ1) is 10.9. The van der Waals surface area contributed by atoms with Crippen molar-refractivity contribution in [1.29, 1.82) is 0 Å². The quantitative estimate of drug-likeness (QED) is 0.735. The standard InChI is InChI=1S/C16H23NO5S/c1-12(16(18)22-3)11-23(19,20)17-9-8-14(10-17)13-4-6-15(21-2)7-5-13/h4-7,12,14H,8-11H2,1-3H3. The lowest BCUT2D eigenvalue weighted by Gasteiger charge is -2.18. The third-order valence-electron chi connectivity index (χ3n) is 4.20. The topological polar surface area (TPSA) is 72.9 Å². The molecule has 128 valence electrons. The maximum Gasteiger partial charge on any atom is 0.309 e. The SMILES string of the molecule is COC(=O)C(C)CS(=O)(=O)N1CCC(c2ccc(OC)cc2)C1. The van der Waals surface area contributed by atoms with E-state index in [1.807, 2.05) is 24.3 Å². The van der Waals surface area contributed by atoms with E-state index in [0.29, 0.717) is 13.1 Å². The Morgan fingerprint density at radius 1 is 1.30 bits per heavy atom. The molecule has 1 aliphatic heterocycles. The summed E-state index contributed by atoms with van der Waals surface area (Å²) in [5.74, 6) is -0.425. The number of hydrogen-bond acceptors (Lipinski definition) is 5. The van der Waals surface area contributed by atoms with Gasteiger partial charge in [0.25, 0.3) is 0 Å². The average Bonchev–Trinajstić information content (AvgIpc) is 3.04. The van der Waals surface area contributed by atoms with E-state index in [-0.39, 0.29) is 11.7 Å². The Bertz CT molecular complexity index is 641. The predicted molar refractivity (Wildman–Crippen MR) is 86.9 cm³/mol. The number of nitrogens with zero attached hydrogens (tertiary/aromatic N) is 1. The van der Waals surface area contributed by atoms with Gasteiger partial charge in [-0.15, -0.1) is 0 Å². The molecule has 2 unspecified atom stereocenters. The van der Waals surface area contributed by atoms with Crippen LogP contribution in [0.3, 0.4) is 0 Å². The molecule has 23 heavy (non-hydrogen) atoms. The number of carbonyl (C=O) groups is 1. The van der Waals surface area contributed by atoms with Crippen molar-refractivity contribution in [2.75, 3.05) is 33.1 Å². The summed E-state index contributed by atoms with van der Waals surface area (Å²) < 4.78 is 36.1. The van der Waals surface area contributed by atoms with Gasteiger partial charge in [-0.05, 0) is 30.0 Å². The van der Waals surface area contributed by atoms with Gasteiger partial charge in [0.1, 0.15) is 5.75 Å². The highest BCUT2D eigenvalue weighted by atomic mass is 32.2. The third kappa shape index (κ3) is 4.23. The van der Waals surface area contributed by atoms with E-state index in [1.54, 1.807) is 14.0 Å². The molecule has 7 heteroatoms. The van der Waals surface area contributed by atoms with E-state index in [1.165, 1.54) is 11.4 Å². The van der Waals surface area contributed by atoms with Gasteiger partial charge >= 0.3 is 5.97 Å². The van der Waals surface area contributed by atoms with Gasteiger partial charge < -0.3 is 9.47 Å². The van der Waals surface area contributed by atoms with Crippen LogP contribution < -0.4 is 4.74 Å². The molecule has 0 bridgehead atoms. The first-order valence-corrected chi connectivity index (χ1v) is 9.18. The maximum atomic E-state index is 12.4. The lowest BCUT2D eigenvalue weighted by molar-refractivity contribution is -0.144. The molecular weight excluding hydrogens is 318 g/mol. The number of carbonyl (C=O) groups excluding carboxylic acids is 1. The Morgan fingerprint density at radius 2 is 1.96 bits per heavy atom. The van der Waals surface area contributed by atoms with E-state index < -0.39 is 21.9 Å². The fourth-order valence-corrected chi connectivity index (χ4v) is 4.59. The second kappa shape index (κ2) is 7.31. The molecule has 0 aromatic heterocycles. The van der Waals surface area contributed by atoms with Gasteiger partial charge in [0.05, 0.1) is 25.9 Å². The van der Waals surface area contributed by atoms with Gasteiger partial charge in [-0.1, -0.05) is 19.1 Å². The van der Waals surface area contributed by atoms with Crippen molar-refractivity contribution in [3.05, 3.63) is 29.8 Å². The van der Waals surface area contributed by atoms with E-state index in [9.17, 15) is 13.2 Å². The van der Waals surface area contributed by atoms with E-state index in [2.05, 4.69) is 4.74 Å². The number of ether oxygens (including phenoxy) is 2. The van der Waals surface area contributed by atoms with Gasteiger partial charge in [0.15, 0.2) is 0 Å². The van der Waals surface area contributed by atoms with Crippen LogP contribution in [-0.4, -0.2) is 51.8 Å². The first-order valence-electron chi connectivity index (χ1n) is 7.57. The molecule has 2 atom stereocenters. The number of hydrogen-bond donors (Lipinski definition) is 0. The van der Waals surface area contributed by atoms with Crippen LogP contribution in [0.4, 0.5) is 0 Å². The van der Waals surface area contributed by atoms with E-state index in [0.717, 1.165) is 17.7 Å². The second-order valence-corrected chi connectivity index (χ2v) is 7.83. The molecule has 6 nitrogen and oxygen atoms in total. The minimum absolute atomic E-state index is 0.170. The number of esters is 1. The van der Waals surface area contributed by atoms with Gasteiger partial charge in [0.2, 0.25) is 10.0 Å². The summed E-state index contributed by atoms with van der Waals surface area (Å²) in [5, 5.41) is 0. The largest absolute Gasteiger partial charge is 0.497 e. The molecule has 0 saturated carbocycles. The minimum atomic E-state index is -3.46. The molecule has 1 aromatic rings. The maximum absolute atomic E-state index is 12.4. The van der Waals surface area contributed by atoms with Crippen molar-refractivity contribution in [2.24, 2.45) is 5.92 Å². The monoisotopic (exact) mass is 341 g/mol. The van der Waals surface area contributed by atoms with Crippen molar-refractivity contribution in [2.45, 2.75) is 19.3 Å². The van der Waals surface area contributed by atoms with Crippen LogP contribution in [0.1, 0.15) is 24.8 Å². The molecule has 1 heterocycles. The third-order valence-corrected chi connectivity index (χ3v) is 6.24. The first kappa shape index (κ1) is 17.7. The molecule has 1 aliphatic rings. The van der Waals surface area contributed by atoms with E-state index in [4.69, 9.17) is 4.74 Å². The van der Waals surface area contributed by atoms with Crippen LogP contribution in [0.5, 0.6) is 5.75 Å². The fraction of sp³-hybridized carbons (Fsp3) is 0.562. The van der Waals surface area contributed by atoms with Crippen LogP contribution in [0.2, 0.25) is 0 Å². The van der Waals surface area contributed by atoms with Crippen LogP contribution in [-0.2, 0) is 19.6 Å². The number of rotatable bonds is 6. The highest BCUT2D eigenvalue weighted by Gasteiger charge is 2.34. The number of sulfonamides is 1. The number of benzene rings is 1. The minimum Gasteiger partial charge on any atom is -0.497 e. The Labute approximate surface area is 137 Å². The van der Waals surface area contributed by atoms with Crippen LogP contribution >= 0.6 is 0 Å². The number of methoxy groups -OCH3 is 2. The Kier molecular flexibility index (Phi) is 5.64. The fourth-order valence-electron chi connectivity index (χ4n) is 2.82.